The highest BCUT2D eigenvalue weighted by atomic mass is 16.5. The van der Waals surface area contributed by atoms with E-state index in [1.807, 2.05) is 0 Å². The minimum atomic E-state index is -0.404. The van der Waals surface area contributed by atoms with Gasteiger partial charge in [0.25, 0.3) is 0 Å². The third kappa shape index (κ3) is 3.15. The molecule has 0 saturated carbocycles. The smallest absolute Gasteiger partial charge is 0.337 e. The molecule has 0 spiro atoms. The molecule has 0 unspecified atom stereocenters. The number of ether oxygens (including phenoxy) is 1. The molecule has 0 aliphatic heterocycles. The van der Waals surface area contributed by atoms with Crippen LogP contribution < -0.4 is 5.32 Å². The van der Waals surface area contributed by atoms with Crippen molar-refractivity contribution in [2.24, 2.45) is 0 Å². The molecule has 0 fully saturated rings. The van der Waals surface area contributed by atoms with Crippen LogP contribution in [0.4, 0.5) is 5.69 Å². The number of methoxy groups -OCH3 is 1. The summed E-state index contributed by atoms with van der Waals surface area (Å²) in [6, 6.07) is 4.61. The molecule has 0 saturated heterocycles. The van der Waals surface area contributed by atoms with Crippen LogP contribution in [0, 0.1) is 0 Å². The van der Waals surface area contributed by atoms with Crippen molar-refractivity contribution in [3.05, 3.63) is 23.8 Å². The van der Waals surface area contributed by atoms with Gasteiger partial charge >= 0.3 is 5.97 Å². The van der Waals surface area contributed by atoms with Crippen molar-refractivity contribution in [2.75, 3.05) is 19.0 Å². The predicted octanol–water partition coefficient (Wildman–Crippen LogP) is 2.39. The number of benzene rings is 1. The van der Waals surface area contributed by atoms with Crippen LogP contribution in [0.2, 0.25) is 0 Å². The van der Waals surface area contributed by atoms with Crippen LogP contribution in [0.1, 0.15) is 30.1 Å². The van der Waals surface area contributed by atoms with Crippen LogP contribution in [-0.2, 0) is 4.74 Å². The topological polar surface area (TPSA) is 58.6 Å². The summed E-state index contributed by atoms with van der Waals surface area (Å²) < 4.78 is 4.61. The van der Waals surface area contributed by atoms with Crippen LogP contribution in [0.3, 0.4) is 0 Å². The number of hydrogen-bond acceptors (Lipinski definition) is 4. The standard InChI is InChI=1S/C12H17NO3/c1-3-4-7-13-10-8-9(12(15)16-2)5-6-11(10)14/h5-6,8,13-14H,3-4,7H2,1-2H3. The van der Waals surface area contributed by atoms with Crippen LogP contribution in [-0.4, -0.2) is 24.7 Å². The Morgan fingerprint density at radius 2 is 2.25 bits per heavy atom. The number of nitrogens with one attached hydrogen (secondary N) is 1. The van der Waals surface area contributed by atoms with Gasteiger partial charge in [0.05, 0.1) is 18.4 Å². The maximum absolute atomic E-state index is 11.3. The van der Waals surface area contributed by atoms with E-state index >= 15 is 0 Å². The molecule has 16 heavy (non-hydrogen) atoms. The Morgan fingerprint density at radius 3 is 2.88 bits per heavy atom. The average molecular weight is 223 g/mol. The first kappa shape index (κ1) is 12.4. The van der Waals surface area contributed by atoms with E-state index in [4.69, 9.17) is 0 Å². The van der Waals surface area contributed by atoms with E-state index in [-0.39, 0.29) is 5.75 Å². The third-order valence-electron chi connectivity index (χ3n) is 2.26. The van der Waals surface area contributed by atoms with Gasteiger partial charge in [0.1, 0.15) is 5.75 Å². The SMILES string of the molecule is CCCCNc1cc(C(=O)OC)ccc1O. The molecule has 1 aromatic rings. The van der Waals surface area contributed by atoms with Gasteiger partial charge in [-0.25, -0.2) is 4.79 Å². The van der Waals surface area contributed by atoms with Gasteiger partial charge in [-0.15, -0.1) is 0 Å². The second kappa shape index (κ2) is 6.00. The summed E-state index contributed by atoms with van der Waals surface area (Å²) >= 11 is 0. The highest BCUT2D eigenvalue weighted by Gasteiger charge is 2.08. The number of phenolic OH excluding ortho intramolecular Hbond substituents is 1. The molecule has 0 aromatic heterocycles. The van der Waals surface area contributed by atoms with E-state index < -0.39 is 5.97 Å². The zero-order valence-electron chi connectivity index (χ0n) is 9.62. The van der Waals surface area contributed by atoms with Crippen LogP contribution >= 0.6 is 0 Å². The molecule has 0 aliphatic rings. The summed E-state index contributed by atoms with van der Waals surface area (Å²) in [4.78, 5) is 11.3. The lowest BCUT2D eigenvalue weighted by Gasteiger charge is -2.09. The molecular weight excluding hydrogens is 206 g/mol. The molecular formula is C12H17NO3. The van der Waals surface area contributed by atoms with Crippen molar-refractivity contribution in [3.8, 4) is 5.75 Å². The lowest BCUT2D eigenvalue weighted by atomic mass is 10.2. The fourth-order valence-electron chi connectivity index (χ4n) is 1.32. The summed E-state index contributed by atoms with van der Waals surface area (Å²) in [5, 5.41) is 12.6. The predicted molar refractivity (Wildman–Crippen MR) is 62.8 cm³/mol. The monoisotopic (exact) mass is 223 g/mol. The van der Waals surface area contributed by atoms with E-state index in [1.54, 1.807) is 6.07 Å². The second-order valence-electron chi connectivity index (χ2n) is 3.50. The summed E-state index contributed by atoms with van der Waals surface area (Å²) in [6.45, 7) is 2.86. The number of carbonyl (C=O) groups is 1. The number of phenols is 1. The third-order valence-corrected chi connectivity index (χ3v) is 2.26. The van der Waals surface area contributed by atoms with Gasteiger partial charge in [-0.2, -0.15) is 0 Å². The summed E-state index contributed by atoms with van der Waals surface area (Å²) in [7, 11) is 1.33. The fourth-order valence-corrected chi connectivity index (χ4v) is 1.32. The van der Waals surface area contributed by atoms with Crippen molar-refractivity contribution >= 4 is 11.7 Å². The average Bonchev–Trinajstić information content (AvgIpc) is 2.31. The van der Waals surface area contributed by atoms with E-state index in [1.165, 1.54) is 19.2 Å². The molecule has 0 heterocycles. The molecule has 0 aliphatic carbocycles. The molecule has 4 nitrogen and oxygen atoms in total. The number of esters is 1. The highest BCUT2D eigenvalue weighted by Crippen LogP contribution is 2.24. The van der Waals surface area contributed by atoms with Crippen molar-refractivity contribution in [1.82, 2.24) is 0 Å². The van der Waals surface area contributed by atoms with Gasteiger partial charge in [0.15, 0.2) is 0 Å². The van der Waals surface area contributed by atoms with Gasteiger partial charge in [-0.05, 0) is 24.6 Å². The molecule has 4 heteroatoms. The summed E-state index contributed by atoms with van der Waals surface area (Å²) in [5.74, 6) is -0.262. The van der Waals surface area contributed by atoms with E-state index in [2.05, 4.69) is 17.0 Å². The van der Waals surface area contributed by atoms with Crippen molar-refractivity contribution in [2.45, 2.75) is 19.8 Å². The molecule has 2 N–H and O–H groups in total. The number of hydrogen-bond donors (Lipinski definition) is 2. The molecule has 0 amide bonds. The Balaban J connectivity index is 2.78. The largest absolute Gasteiger partial charge is 0.506 e. The van der Waals surface area contributed by atoms with Crippen molar-refractivity contribution in [3.63, 3.8) is 0 Å². The molecule has 1 rings (SSSR count). The number of unbranched alkanes of at least 4 members (excludes halogenated alkanes) is 1. The van der Waals surface area contributed by atoms with Crippen LogP contribution in [0.15, 0.2) is 18.2 Å². The van der Waals surface area contributed by atoms with E-state index in [0.29, 0.717) is 11.3 Å². The second-order valence-corrected chi connectivity index (χ2v) is 3.50. The molecule has 0 bridgehead atoms. The Morgan fingerprint density at radius 1 is 1.50 bits per heavy atom. The minimum Gasteiger partial charge on any atom is -0.506 e. The molecule has 1 aromatic carbocycles. The Hall–Kier alpha value is -1.71. The van der Waals surface area contributed by atoms with Crippen LogP contribution in [0.25, 0.3) is 0 Å². The number of rotatable bonds is 5. The van der Waals surface area contributed by atoms with Gasteiger partial charge in [-0.3, -0.25) is 0 Å². The molecule has 0 atom stereocenters. The number of aromatic hydroxyl groups is 1. The zero-order chi connectivity index (χ0) is 12.0. The molecule has 0 radical (unpaired) electrons. The van der Waals surface area contributed by atoms with Crippen LogP contribution in [0.5, 0.6) is 5.75 Å². The van der Waals surface area contributed by atoms with Gasteiger partial charge in [0.2, 0.25) is 0 Å². The highest BCUT2D eigenvalue weighted by molar-refractivity contribution is 5.91. The normalized spacial score (nSPS) is 9.88. The fraction of sp³-hybridized carbons (Fsp3) is 0.417. The Bertz CT molecular complexity index is 363. The summed E-state index contributed by atoms with van der Waals surface area (Å²) in [5.41, 5.74) is 0.996. The maximum atomic E-state index is 11.3. The zero-order valence-corrected chi connectivity index (χ0v) is 9.62. The summed E-state index contributed by atoms with van der Waals surface area (Å²) in [6.07, 6.45) is 2.09. The van der Waals surface area contributed by atoms with Gasteiger partial charge < -0.3 is 15.2 Å². The maximum Gasteiger partial charge on any atom is 0.337 e. The van der Waals surface area contributed by atoms with Gasteiger partial charge in [-0.1, -0.05) is 13.3 Å². The van der Waals surface area contributed by atoms with E-state index in [9.17, 15) is 9.90 Å². The number of carbonyl (C=O) groups excluding carboxylic acids is 1. The quantitative estimate of drug-likeness (QED) is 0.457. The van der Waals surface area contributed by atoms with Crippen molar-refractivity contribution < 1.29 is 14.6 Å². The first-order valence-electron chi connectivity index (χ1n) is 5.34. The molecule has 88 valence electrons. The minimum absolute atomic E-state index is 0.142. The van der Waals surface area contributed by atoms with Gasteiger partial charge in [0, 0.05) is 6.54 Å². The first-order valence-corrected chi connectivity index (χ1v) is 5.34. The Kier molecular flexibility index (Phi) is 4.64. The first-order chi connectivity index (χ1) is 7.69. The number of anilines is 1. The lowest BCUT2D eigenvalue weighted by molar-refractivity contribution is 0.0601. The van der Waals surface area contributed by atoms with Crippen molar-refractivity contribution in [1.29, 1.82) is 0 Å². The van der Waals surface area contributed by atoms with E-state index in [0.717, 1.165) is 19.4 Å². The lowest BCUT2D eigenvalue weighted by Crippen LogP contribution is -2.05. The Labute approximate surface area is 95.2 Å².